The van der Waals surface area contributed by atoms with Crippen molar-refractivity contribution in [3.63, 3.8) is 0 Å². The largest absolute Gasteiger partial charge is 0.411 e. The van der Waals surface area contributed by atoms with E-state index in [4.69, 9.17) is 5.73 Å². The smallest absolute Gasteiger partial charge is 0.372 e. The Labute approximate surface area is 127 Å². The van der Waals surface area contributed by atoms with E-state index >= 15 is 0 Å². The highest BCUT2D eigenvalue weighted by atomic mass is 19.4. The van der Waals surface area contributed by atoms with Gasteiger partial charge in [0.2, 0.25) is 0 Å². The molecule has 4 nitrogen and oxygen atoms in total. The summed E-state index contributed by atoms with van der Waals surface area (Å²) in [5.41, 5.74) is 9.35. The van der Waals surface area contributed by atoms with E-state index < -0.39 is 12.8 Å². The number of halogens is 3. The summed E-state index contributed by atoms with van der Waals surface area (Å²) in [6.45, 7) is -0.893. The first-order chi connectivity index (χ1) is 10.4. The van der Waals surface area contributed by atoms with Crippen molar-refractivity contribution in [3.05, 3.63) is 29.3 Å². The van der Waals surface area contributed by atoms with Crippen LogP contribution in [0.25, 0.3) is 0 Å². The van der Waals surface area contributed by atoms with Gasteiger partial charge in [0.15, 0.2) is 5.96 Å². The average Bonchev–Trinajstić information content (AvgIpc) is 2.89. The summed E-state index contributed by atoms with van der Waals surface area (Å²) >= 11 is 0. The van der Waals surface area contributed by atoms with Gasteiger partial charge in [0, 0.05) is 18.8 Å². The van der Waals surface area contributed by atoms with Crippen LogP contribution in [0.5, 0.6) is 0 Å². The molecule has 0 heterocycles. The monoisotopic (exact) mass is 315 g/mol. The van der Waals surface area contributed by atoms with Gasteiger partial charge in [-0.15, -0.1) is 0 Å². The molecule has 0 spiro atoms. The van der Waals surface area contributed by atoms with Gasteiger partial charge >= 0.3 is 6.18 Å². The zero-order valence-corrected chi connectivity index (χ0v) is 12.2. The molecule has 0 amide bonds. The number of hydrogen-bond donors (Lipinski definition) is 2. The SMILES string of the molecule is NC(=NCCCOCC(F)(F)F)Nc1ccc2c(c1)CCC2. The second kappa shape index (κ2) is 7.49. The van der Waals surface area contributed by atoms with Crippen LogP contribution in [0, 0.1) is 0 Å². The van der Waals surface area contributed by atoms with Crippen LogP contribution in [-0.2, 0) is 17.6 Å². The fraction of sp³-hybridized carbons (Fsp3) is 0.533. The fourth-order valence-corrected chi connectivity index (χ4v) is 2.39. The van der Waals surface area contributed by atoms with Crippen molar-refractivity contribution in [1.29, 1.82) is 0 Å². The lowest BCUT2D eigenvalue weighted by atomic mass is 10.1. The van der Waals surface area contributed by atoms with Gasteiger partial charge in [0.1, 0.15) is 6.61 Å². The van der Waals surface area contributed by atoms with Gasteiger partial charge in [-0.1, -0.05) is 6.07 Å². The van der Waals surface area contributed by atoms with E-state index in [0.29, 0.717) is 13.0 Å². The molecular formula is C15H20F3N3O. The third kappa shape index (κ3) is 5.55. The van der Waals surface area contributed by atoms with Crippen molar-refractivity contribution >= 4 is 11.6 Å². The maximum absolute atomic E-state index is 11.8. The summed E-state index contributed by atoms with van der Waals surface area (Å²) in [7, 11) is 0. The molecule has 122 valence electrons. The van der Waals surface area contributed by atoms with Crippen LogP contribution in [0.4, 0.5) is 18.9 Å². The van der Waals surface area contributed by atoms with Crippen molar-refractivity contribution in [2.45, 2.75) is 31.9 Å². The van der Waals surface area contributed by atoms with Crippen molar-refractivity contribution in [1.82, 2.24) is 0 Å². The van der Waals surface area contributed by atoms with Gasteiger partial charge in [0.05, 0.1) is 0 Å². The Balaban J connectivity index is 1.69. The standard InChI is InChI=1S/C15H20F3N3O/c16-15(17,18)10-22-8-2-7-20-14(19)21-13-6-5-11-3-1-4-12(11)9-13/h5-6,9H,1-4,7-8,10H2,(H3,19,20,21). The number of fused-ring (bicyclic) bond motifs is 1. The molecule has 0 bridgehead atoms. The van der Waals surface area contributed by atoms with Crippen LogP contribution in [-0.4, -0.2) is 31.9 Å². The average molecular weight is 315 g/mol. The quantitative estimate of drug-likeness (QED) is 0.482. The Morgan fingerprint density at radius 3 is 2.82 bits per heavy atom. The number of rotatable bonds is 6. The maximum atomic E-state index is 11.8. The number of hydrogen-bond acceptors (Lipinski definition) is 2. The van der Waals surface area contributed by atoms with Crippen molar-refractivity contribution in [2.75, 3.05) is 25.1 Å². The summed E-state index contributed by atoms with van der Waals surface area (Å²) in [5, 5.41) is 2.99. The van der Waals surface area contributed by atoms with Gasteiger partial charge in [-0.05, 0) is 48.9 Å². The molecule has 1 aromatic rings. The van der Waals surface area contributed by atoms with Crippen LogP contribution in [0.3, 0.4) is 0 Å². The van der Waals surface area contributed by atoms with Crippen LogP contribution in [0.1, 0.15) is 24.0 Å². The normalized spacial score (nSPS) is 15.0. The molecule has 0 aliphatic heterocycles. The molecule has 0 aromatic heterocycles. The van der Waals surface area contributed by atoms with E-state index in [0.717, 1.165) is 18.5 Å². The molecule has 0 saturated carbocycles. The minimum atomic E-state index is -4.28. The van der Waals surface area contributed by atoms with E-state index in [1.807, 2.05) is 6.07 Å². The number of ether oxygens (including phenoxy) is 1. The second-order valence-electron chi connectivity index (χ2n) is 5.25. The number of anilines is 1. The van der Waals surface area contributed by atoms with Gasteiger partial charge < -0.3 is 15.8 Å². The predicted molar refractivity (Wildman–Crippen MR) is 80.1 cm³/mol. The number of benzene rings is 1. The first-order valence-corrected chi connectivity index (χ1v) is 7.27. The Bertz CT molecular complexity index is 529. The van der Waals surface area contributed by atoms with E-state index in [1.165, 1.54) is 17.5 Å². The zero-order chi connectivity index (χ0) is 16.0. The molecule has 0 atom stereocenters. The molecule has 0 fully saturated rings. The highest BCUT2D eigenvalue weighted by Crippen LogP contribution is 2.24. The van der Waals surface area contributed by atoms with Gasteiger partial charge in [-0.3, -0.25) is 4.99 Å². The Morgan fingerprint density at radius 1 is 1.27 bits per heavy atom. The van der Waals surface area contributed by atoms with Crippen molar-refractivity contribution < 1.29 is 17.9 Å². The lowest BCUT2D eigenvalue weighted by molar-refractivity contribution is -0.173. The zero-order valence-electron chi connectivity index (χ0n) is 12.2. The molecule has 22 heavy (non-hydrogen) atoms. The van der Waals surface area contributed by atoms with Gasteiger partial charge in [-0.25, -0.2) is 0 Å². The molecule has 2 rings (SSSR count). The minimum Gasteiger partial charge on any atom is -0.372 e. The topological polar surface area (TPSA) is 59.6 Å². The molecule has 1 aromatic carbocycles. The maximum Gasteiger partial charge on any atom is 0.411 e. The number of nitrogens with one attached hydrogen (secondary N) is 1. The van der Waals surface area contributed by atoms with Crippen LogP contribution in [0.15, 0.2) is 23.2 Å². The summed E-state index contributed by atoms with van der Waals surface area (Å²) in [6.07, 6.45) is -0.504. The summed E-state index contributed by atoms with van der Waals surface area (Å²) < 4.78 is 40.0. The summed E-state index contributed by atoms with van der Waals surface area (Å²) in [6, 6.07) is 6.11. The van der Waals surface area contributed by atoms with E-state index in [9.17, 15) is 13.2 Å². The molecule has 0 saturated heterocycles. The van der Waals surface area contributed by atoms with E-state index in [-0.39, 0.29) is 12.6 Å². The minimum absolute atomic E-state index is 0.00906. The number of nitrogens with two attached hydrogens (primary N) is 1. The first-order valence-electron chi connectivity index (χ1n) is 7.27. The Kier molecular flexibility index (Phi) is 5.65. The summed E-state index contributed by atoms with van der Waals surface area (Å²) in [5.74, 6) is 0.258. The first kappa shape index (κ1) is 16.6. The van der Waals surface area contributed by atoms with Crippen LogP contribution >= 0.6 is 0 Å². The lowest BCUT2D eigenvalue weighted by Gasteiger charge is -2.08. The molecule has 1 aliphatic rings. The lowest BCUT2D eigenvalue weighted by Crippen LogP contribution is -2.23. The molecule has 7 heteroatoms. The molecule has 0 radical (unpaired) electrons. The third-order valence-corrected chi connectivity index (χ3v) is 3.37. The van der Waals surface area contributed by atoms with Gasteiger partial charge in [-0.2, -0.15) is 13.2 Å². The number of nitrogens with zero attached hydrogens (tertiary/aromatic N) is 1. The van der Waals surface area contributed by atoms with Crippen LogP contribution < -0.4 is 11.1 Å². The van der Waals surface area contributed by atoms with Crippen LogP contribution in [0.2, 0.25) is 0 Å². The molecule has 1 aliphatic carbocycles. The van der Waals surface area contributed by atoms with Gasteiger partial charge in [0.25, 0.3) is 0 Å². The van der Waals surface area contributed by atoms with Crippen molar-refractivity contribution in [2.24, 2.45) is 10.7 Å². The highest BCUT2D eigenvalue weighted by Gasteiger charge is 2.27. The fourth-order valence-electron chi connectivity index (χ4n) is 2.39. The van der Waals surface area contributed by atoms with E-state index in [1.54, 1.807) is 0 Å². The second-order valence-corrected chi connectivity index (χ2v) is 5.25. The number of alkyl halides is 3. The van der Waals surface area contributed by atoms with Crippen molar-refractivity contribution in [3.8, 4) is 0 Å². The summed E-state index contributed by atoms with van der Waals surface area (Å²) in [4.78, 5) is 4.07. The third-order valence-electron chi connectivity index (χ3n) is 3.37. The number of aliphatic imine (C=N–C) groups is 1. The Hall–Kier alpha value is -1.76. The Morgan fingerprint density at radius 2 is 2.05 bits per heavy atom. The molecule has 0 unspecified atom stereocenters. The number of aryl methyl sites for hydroxylation is 2. The number of guanidine groups is 1. The molecular weight excluding hydrogens is 295 g/mol. The predicted octanol–water partition coefficient (Wildman–Crippen LogP) is 2.87. The van der Waals surface area contributed by atoms with E-state index in [2.05, 4.69) is 27.2 Å². The molecule has 3 N–H and O–H groups in total. The highest BCUT2D eigenvalue weighted by molar-refractivity contribution is 5.92.